The number of nitrogens with zero attached hydrogens (tertiary/aromatic N) is 3. The van der Waals surface area contributed by atoms with Gasteiger partial charge in [0, 0.05) is 44.4 Å². The van der Waals surface area contributed by atoms with Gasteiger partial charge in [-0.1, -0.05) is 17.3 Å². The summed E-state index contributed by atoms with van der Waals surface area (Å²) in [6.07, 6.45) is 4.36. The summed E-state index contributed by atoms with van der Waals surface area (Å²) in [4.78, 5) is 16.6. The number of amides is 1. The molecule has 3 rings (SSSR count). The molecule has 1 fully saturated rings. The maximum Gasteiger partial charge on any atom is 0.226 e. The Morgan fingerprint density at radius 3 is 2.62 bits per heavy atom. The fourth-order valence-corrected chi connectivity index (χ4v) is 3.28. The molecule has 2 heterocycles. The quantitative estimate of drug-likeness (QED) is 0.823. The lowest BCUT2D eigenvalue weighted by Crippen LogP contribution is -2.29. The molecule has 1 amide bonds. The summed E-state index contributed by atoms with van der Waals surface area (Å²) < 4.78 is 4.94. The summed E-state index contributed by atoms with van der Waals surface area (Å²) in [6.45, 7) is 5.65. The van der Waals surface area contributed by atoms with Crippen LogP contribution in [0.5, 0.6) is 0 Å². The van der Waals surface area contributed by atoms with Crippen molar-refractivity contribution >= 4 is 17.4 Å². The predicted molar refractivity (Wildman–Crippen MR) is 103 cm³/mol. The number of carbonyl (C=O) groups is 1. The van der Waals surface area contributed by atoms with Crippen molar-refractivity contribution in [3.8, 4) is 0 Å². The first-order valence-electron chi connectivity index (χ1n) is 9.36. The van der Waals surface area contributed by atoms with Crippen LogP contribution in [0.3, 0.4) is 0 Å². The molecule has 140 valence electrons. The number of piperidine rings is 1. The number of carbonyl (C=O) groups excluding carboxylic acids is 1. The van der Waals surface area contributed by atoms with Crippen molar-refractivity contribution < 1.29 is 9.32 Å². The van der Waals surface area contributed by atoms with Crippen molar-refractivity contribution in [1.82, 2.24) is 10.1 Å². The summed E-state index contributed by atoms with van der Waals surface area (Å²) in [6, 6.07) is 10.5. The summed E-state index contributed by atoms with van der Waals surface area (Å²) in [5, 5.41) is 6.52. The zero-order chi connectivity index (χ0) is 18.4. The Labute approximate surface area is 155 Å². The lowest BCUT2D eigenvalue weighted by atomic mass is 10.1. The molecule has 0 unspecified atom stereocenters. The smallest absolute Gasteiger partial charge is 0.226 e. The topological polar surface area (TPSA) is 61.6 Å². The van der Waals surface area contributed by atoms with Gasteiger partial charge < -0.3 is 19.6 Å². The Morgan fingerprint density at radius 1 is 1.23 bits per heavy atom. The van der Waals surface area contributed by atoms with Crippen LogP contribution in [-0.2, 0) is 11.3 Å². The van der Waals surface area contributed by atoms with Crippen molar-refractivity contribution in [3.05, 3.63) is 41.7 Å². The van der Waals surface area contributed by atoms with Gasteiger partial charge in [-0.05, 0) is 50.9 Å². The van der Waals surface area contributed by atoms with E-state index >= 15 is 0 Å². The van der Waals surface area contributed by atoms with Gasteiger partial charge in [-0.3, -0.25) is 4.79 Å². The Bertz CT molecular complexity index is 705. The van der Waals surface area contributed by atoms with Crippen molar-refractivity contribution in [2.45, 2.75) is 39.2 Å². The van der Waals surface area contributed by atoms with E-state index < -0.39 is 0 Å². The minimum atomic E-state index is -0.0504. The third kappa shape index (κ3) is 5.33. The predicted octanol–water partition coefficient (Wildman–Crippen LogP) is 3.43. The zero-order valence-electron chi connectivity index (χ0n) is 15.7. The van der Waals surface area contributed by atoms with Crippen molar-refractivity contribution in [3.63, 3.8) is 0 Å². The van der Waals surface area contributed by atoms with Crippen molar-refractivity contribution in [2.75, 3.05) is 36.9 Å². The van der Waals surface area contributed by atoms with Gasteiger partial charge in [-0.15, -0.1) is 0 Å². The number of hydrogen-bond donors (Lipinski definition) is 1. The highest BCUT2D eigenvalue weighted by molar-refractivity contribution is 5.89. The molecule has 6 nitrogen and oxygen atoms in total. The second kappa shape index (κ2) is 8.85. The average Bonchev–Trinajstić information content (AvgIpc) is 3.06. The maximum atomic E-state index is 12.0. The highest BCUT2D eigenvalue weighted by Gasteiger charge is 2.11. The summed E-state index contributed by atoms with van der Waals surface area (Å²) >= 11 is 0. The van der Waals surface area contributed by atoms with Gasteiger partial charge in [0.25, 0.3) is 0 Å². The SMILES string of the molecule is Cc1cc(NC(=O)CCN(C)Cc2ccc(N3CCCCC3)cc2)no1. The Hall–Kier alpha value is -2.34. The molecular weight excluding hydrogens is 328 g/mol. The van der Waals surface area contributed by atoms with Crippen LogP contribution in [0.4, 0.5) is 11.5 Å². The average molecular weight is 356 g/mol. The van der Waals surface area contributed by atoms with E-state index in [-0.39, 0.29) is 5.91 Å². The van der Waals surface area contributed by atoms with Gasteiger partial charge >= 0.3 is 0 Å². The van der Waals surface area contributed by atoms with Crippen LogP contribution >= 0.6 is 0 Å². The number of hydrogen-bond acceptors (Lipinski definition) is 5. The maximum absolute atomic E-state index is 12.0. The van der Waals surface area contributed by atoms with Crippen LogP contribution in [0.2, 0.25) is 0 Å². The molecule has 1 aromatic carbocycles. The summed E-state index contributed by atoms with van der Waals surface area (Å²) in [5.41, 5.74) is 2.58. The molecule has 0 aliphatic carbocycles. The van der Waals surface area contributed by atoms with Crippen LogP contribution in [0.25, 0.3) is 0 Å². The molecule has 6 heteroatoms. The van der Waals surface area contributed by atoms with E-state index in [0.717, 1.165) is 6.54 Å². The van der Waals surface area contributed by atoms with E-state index in [1.165, 1.54) is 43.6 Å². The van der Waals surface area contributed by atoms with Gasteiger partial charge in [0.2, 0.25) is 5.91 Å². The number of benzene rings is 1. The van der Waals surface area contributed by atoms with E-state index in [1.807, 2.05) is 7.05 Å². The lowest BCUT2D eigenvalue weighted by molar-refractivity contribution is -0.116. The van der Waals surface area contributed by atoms with Crippen LogP contribution in [-0.4, -0.2) is 42.6 Å². The molecule has 1 aromatic heterocycles. The second-order valence-electron chi connectivity index (χ2n) is 7.07. The van der Waals surface area contributed by atoms with Gasteiger partial charge in [0.15, 0.2) is 5.82 Å². The lowest BCUT2D eigenvalue weighted by Gasteiger charge is -2.29. The van der Waals surface area contributed by atoms with Crippen LogP contribution in [0, 0.1) is 6.92 Å². The molecule has 0 radical (unpaired) electrons. The van der Waals surface area contributed by atoms with Gasteiger partial charge in [-0.25, -0.2) is 0 Å². The Kier molecular flexibility index (Phi) is 6.28. The van der Waals surface area contributed by atoms with Crippen LogP contribution < -0.4 is 10.2 Å². The van der Waals surface area contributed by atoms with E-state index in [0.29, 0.717) is 24.5 Å². The fourth-order valence-electron chi connectivity index (χ4n) is 3.28. The zero-order valence-corrected chi connectivity index (χ0v) is 15.7. The van der Waals surface area contributed by atoms with E-state index in [9.17, 15) is 4.79 Å². The molecule has 0 atom stereocenters. The Morgan fingerprint density at radius 2 is 1.96 bits per heavy atom. The van der Waals surface area contributed by atoms with Crippen LogP contribution in [0.15, 0.2) is 34.9 Å². The molecule has 1 saturated heterocycles. The first-order chi connectivity index (χ1) is 12.6. The van der Waals surface area contributed by atoms with Gasteiger partial charge in [-0.2, -0.15) is 0 Å². The van der Waals surface area contributed by atoms with E-state index in [2.05, 4.69) is 44.5 Å². The first-order valence-corrected chi connectivity index (χ1v) is 9.36. The number of aromatic nitrogens is 1. The van der Waals surface area contributed by atoms with Gasteiger partial charge in [0.05, 0.1) is 0 Å². The number of aryl methyl sites for hydroxylation is 1. The Balaban J connectivity index is 1.42. The third-order valence-electron chi connectivity index (χ3n) is 4.73. The minimum Gasteiger partial charge on any atom is -0.372 e. The molecule has 26 heavy (non-hydrogen) atoms. The molecule has 0 saturated carbocycles. The highest BCUT2D eigenvalue weighted by atomic mass is 16.5. The first kappa shape index (κ1) is 18.5. The van der Waals surface area contributed by atoms with Crippen molar-refractivity contribution in [2.24, 2.45) is 0 Å². The minimum absolute atomic E-state index is 0.0504. The number of anilines is 2. The molecule has 2 aromatic rings. The second-order valence-corrected chi connectivity index (χ2v) is 7.07. The molecule has 0 spiro atoms. The van der Waals surface area contributed by atoms with E-state index in [4.69, 9.17) is 4.52 Å². The fraction of sp³-hybridized carbons (Fsp3) is 0.500. The van der Waals surface area contributed by atoms with Crippen LogP contribution in [0.1, 0.15) is 37.0 Å². The largest absolute Gasteiger partial charge is 0.372 e. The normalized spacial score (nSPS) is 14.7. The van der Waals surface area contributed by atoms with E-state index in [1.54, 1.807) is 13.0 Å². The summed E-state index contributed by atoms with van der Waals surface area (Å²) in [7, 11) is 2.03. The monoisotopic (exact) mass is 356 g/mol. The van der Waals surface area contributed by atoms with Crippen molar-refractivity contribution in [1.29, 1.82) is 0 Å². The number of nitrogens with one attached hydrogen (secondary N) is 1. The number of rotatable bonds is 7. The standard InChI is InChI=1S/C20H28N4O2/c1-16-14-19(22-26-16)21-20(25)10-13-23(2)15-17-6-8-18(9-7-17)24-11-4-3-5-12-24/h6-9,14H,3-5,10-13,15H2,1-2H3,(H,21,22,25). The molecular formula is C20H28N4O2. The molecule has 1 N–H and O–H groups in total. The summed E-state index contributed by atoms with van der Waals surface area (Å²) in [5.74, 6) is 1.11. The third-order valence-corrected chi connectivity index (χ3v) is 4.73. The molecule has 1 aliphatic rings. The molecule has 1 aliphatic heterocycles. The molecule has 0 bridgehead atoms. The highest BCUT2D eigenvalue weighted by Crippen LogP contribution is 2.20. The van der Waals surface area contributed by atoms with Gasteiger partial charge in [0.1, 0.15) is 5.76 Å².